The highest BCUT2D eigenvalue weighted by atomic mass is 127. The van der Waals surface area contributed by atoms with Gasteiger partial charge in [0.2, 0.25) is 0 Å². The molecule has 0 aliphatic heterocycles. The van der Waals surface area contributed by atoms with Gasteiger partial charge in [-0.1, -0.05) is 12.1 Å². The number of halogens is 1. The number of benzene rings is 1. The van der Waals surface area contributed by atoms with Crippen LogP contribution in [-0.4, -0.2) is 6.61 Å². The van der Waals surface area contributed by atoms with Crippen molar-refractivity contribution in [1.82, 2.24) is 0 Å². The lowest BCUT2D eigenvalue weighted by Gasteiger charge is -2.08. The molecule has 0 bridgehead atoms. The van der Waals surface area contributed by atoms with Crippen LogP contribution in [0.25, 0.3) is 0 Å². The Morgan fingerprint density at radius 3 is 2.85 bits per heavy atom. The number of nitrogens with zero attached hydrogens (tertiary/aromatic N) is 1. The van der Waals surface area contributed by atoms with Gasteiger partial charge in [0.25, 0.3) is 0 Å². The molecule has 1 atom stereocenters. The topological polar surface area (TPSA) is 33.0 Å². The Hall–Kier alpha value is -0.760. The standard InChI is InChI=1S/C10H10INO/c1-8(6-12)7-13-10-5-3-2-4-9(10)11/h2-5,8H,7H2,1H3. The third kappa shape index (κ3) is 3.23. The molecule has 0 saturated carbocycles. The third-order valence-electron chi connectivity index (χ3n) is 1.55. The average molecular weight is 287 g/mol. The molecule has 1 unspecified atom stereocenters. The smallest absolute Gasteiger partial charge is 0.132 e. The van der Waals surface area contributed by atoms with Crippen LogP contribution < -0.4 is 4.74 Å². The minimum atomic E-state index is -0.0593. The zero-order chi connectivity index (χ0) is 9.68. The van der Waals surface area contributed by atoms with Crippen LogP contribution in [-0.2, 0) is 0 Å². The summed E-state index contributed by atoms with van der Waals surface area (Å²) in [5, 5.41) is 8.55. The lowest BCUT2D eigenvalue weighted by molar-refractivity contribution is 0.286. The van der Waals surface area contributed by atoms with Gasteiger partial charge in [0, 0.05) is 0 Å². The Labute approximate surface area is 91.7 Å². The summed E-state index contributed by atoms with van der Waals surface area (Å²) in [5.41, 5.74) is 0. The summed E-state index contributed by atoms with van der Waals surface area (Å²) in [7, 11) is 0. The fraction of sp³-hybridized carbons (Fsp3) is 0.300. The number of nitriles is 1. The molecule has 0 amide bonds. The van der Waals surface area contributed by atoms with E-state index in [1.165, 1.54) is 0 Å². The van der Waals surface area contributed by atoms with Crippen molar-refractivity contribution in [2.24, 2.45) is 5.92 Å². The Morgan fingerprint density at radius 2 is 2.23 bits per heavy atom. The molecule has 0 radical (unpaired) electrons. The van der Waals surface area contributed by atoms with Gasteiger partial charge in [-0.05, 0) is 41.6 Å². The molecule has 0 N–H and O–H groups in total. The zero-order valence-electron chi connectivity index (χ0n) is 7.33. The first-order valence-electron chi connectivity index (χ1n) is 4.01. The Morgan fingerprint density at radius 1 is 1.54 bits per heavy atom. The van der Waals surface area contributed by atoms with Crippen molar-refractivity contribution in [3.63, 3.8) is 0 Å². The van der Waals surface area contributed by atoms with Crippen LogP contribution in [0.5, 0.6) is 5.75 Å². The van der Waals surface area contributed by atoms with Gasteiger partial charge in [0.05, 0.1) is 15.6 Å². The van der Waals surface area contributed by atoms with E-state index in [0.29, 0.717) is 6.61 Å². The van der Waals surface area contributed by atoms with Crippen molar-refractivity contribution in [1.29, 1.82) is 5.26 Å². The van der Waals surface area contributed by atoms with Gasteiger partial charge in [-0.25, -0.2) is 0 Å². The van der Waals surface area contributed by atoms with Gasteiger partial charge in [0.1, 0.15) is 12.4 Å². The van der Waals surface area contributed by atoms with Crippen LogP contribution in [0, 0.1) is 20.8 Å². The molecule has 0 heterocycles. The number of hydrogen-bond acceptors (Lipinski definition) is 2. The quantitative estimate of drug-likeness (QED) is 0.801. The molecule has 13 heavy (non-hydrogen) atoms. The first-order valence-corrected chi connectivity index (χ1v) is 5.09. The fourth-order valence-electron chi connectivity index (χ4n) is 0.814. The molecule has 0 spiro atoms. The molecule has 0 aliphatic carbocycles. The molecular formula is C10H10INO. The second-order valence-corrected chi connectivity index (χ2v) is 3.93. The van der Waals surface area contributed by atoms with Crippen LogP contribution in [0.3, 0.4) is 0 Å². The van der Waals surface area contributed by atoms with E-state index in [1.54, 1.807) is 0 Å². The summed E-state index contributed by atoms with van der Waals surface area (Å²) >= 11 is 2.21. The highest BCUT2D eigenvalue weighted by Gasteiger charge is 2.02. The van der Waals surface area contributed by atoms with Gasteiger partial charge in [0.15, 0.2) is 0 Å². The monoisotopic (exact) mass is 287 g/mol. The highest BCUT2D eigenvalue weighted by molar-refractivity contribution is 14.1. The Bertz CT molecular complexity index is 319. The second kappa shape index (κ2) is 5.07. The highest BCUT2D eigenvalue weighted by Crippen LogP contribution is 2.19. The number of rotatable bonds is 3. The summed E-state index contributed by atoms with van der Waals surface area (Å²) in [6.45, 7) is 2.30. The maximum atomic E-state index is 8.55. The van der Waals surface area contributed by atoms with Crippen molar-refractivity contribution in [2.45, 2.75) is 6.92 Å². The lowest BCUT2D eigenvalue weighted by atomic mass is 10.2. The van der Waals surface area contributed by atoms with Crippen molar-refractivity contribution in [3.8, 4) is 11.8 Å². The largest absolute Gasteiger partial charge is 0.491 e. The fourth-order valence-corrected chi connectivity index (χ4v) is 1.36. The van der Waals surface area contributed by atoms with Crippen molar-refractivity contribution in [3.05, 3.63) is 27.8 Å². The maximum Gasteiger partial charge on any atom is 0.132 e. The Balaban J connectivity index is 2.56. The van der Waals surface area contributed by atoms with E-state index in [4.69, 9.17) is 10.00 Å². The zero-order valence-corrected chi connectivity index (χ0v) is 9.48. The maximum absolute atomic E-state index is 8.55. The molecule has 0 aromatic heterocycles. The molecule has 0 aliphatic rings. The van der Waals surface area contributed by atoms with E-state index in [-0.39, 0.29) is 5.92 Å². The van der Waals surface area contributed by atoms with E-state index >= 15 is 0 Å². The van der Waals surface area contributed by atoms with Crippen LogP contribution in [0.1, 0.15) is 6.92 Å². The van der Waals surface area contributed by atoms with Gasteiger partial charge < -0.3 is 4.74 Å². The van der Waals surface area contributed by atoms with Crippen molar-refractivity contribution in [2.75, 3.05) is 6.61 Å². The van der Waals surface area contributed by atoms with Crippen LogP contribution >= 0.6 is 22.6 Å². The first-order chi connectivity index (χ1) is 6.24. The minimum absolute atomic E-state index is 0.0593. The van der Waals surface area contributed by atoms with Crippen molar-refractivity contribution < 1.29 is 4.74 Å². The summed E-state index contributed by atoms with van der Waals surface area (Å²) < 4.78 is 6.53. The van der Waals surface area contributed by atoms with Gasteiger partial charge in [-0.2, -0.15) is 5.26 Å². The van der Waals surface area contributed by atoms with Crippen LogP contribution in [0.2, 0.25) is 0 Å². The van der Waals surface area contributed by atoms with Gasteiger partial charge >= 0.3 is 0 Å². The minimum Gasteiger partial charge on any atom is -0.491 e. The number of para-hydroxylation sites is 1. The molecule has 68 valence electrons. The predicted octanol–water partition coefficient (Wildman–Crippen LogP) is 2.83. The summed E-state index contributed by atoms with van der Waals surface area (Å²) in [5.74, 6) is 0.793. The van der Waals surface area contributed by atoms with E-state index in [1.807, 2.05) is 31.2 Å². The molecule has 1 aromatic carbocycles. The second-order valence-electron chi connectivity index (χ2n) is 2.77. The molecule has 3 heteroatoms. The summed E-state index contributed by atoms with van der Waals surface area (Å²) in [6.07, 6.45) is 0. The number of hydrogen-bond donors (Lipinski definition) is 0. The van der Waals surface area contributed by atoms with Crippen molar-refractivity contribution >= 4 is 22.6 Å². The van der Waals surface area contributed by atoms with Gasteiger partial charge in [-0.15, -0.1) is 0 Å². The van der Waals surface area contributed by atoms with E-state index in [0.717, 1.165) is 9.32 Å². The molecular weight excluding hydrogens is 277 g/mol. The first kappa shape index (κ1) is 10.3. The molecule has 1 rings (SSSR count). The van der Waals surface area contributed by atoms with E-state index in [2.05, 4.69) is 28.7 Å². The lowest BCUT2D eigenvalue weighted by Crippen LogP contribution is -2.06. The SMILES string of the molecule is CC(C#N)COc1ccccc1I. The molecule has 0 saturated heterocycles. The normalized spacial score (nSPS) is 11.8. The van der Waals surface area contributed by atoms with Crippen LogP contribution in [0.15, 0.2) is 24.3 Å². The van der Waals surface area contributed by atoms with E-state index in [9.17, 15) is 0 Å². The third-order valence-corrected chi connectivity index (χ3v) is 2.44. The van der Waals surface area contributed by atoms with Crippen LogP contribution in [0.4, 0.5) is 0 Å². The molecule has 1 aromatic rings. The Kier molecular flexibility index (Phi) is 4.03. The number of ether oxygens (including phenoxy) is 1. The van der Waals surface area contributed by atoms with E-state index < -0.39 is 0 Å². The predicted molar refractivity (Wildman–Crippen MR) is 59.4 cm³/mol. The molecule has 2 nitrogen and oxygen atoms in total. The molecule has 0 fully saturated rings. The van der Waals surface area contributed by atoms with Gasteiger partial charge in [-0.3, -0.25) is 0 Å². The summed E-state index contributed by atoms with van der Waals surface area (Å²) in [4.78, 5) is 0. The average Bonchev–Trinajstić information content (AvgIpc) is 2.16. The summed E-state index contributed by atoms with van der Waals surface area (Å²) in [6, 6.07) is 9.90.